The zero-order valence-corrected chi connectivity index (χ0v) is 15.7. The Morgan fingerprint density at radius 1 is 1.20 bits per heavy atom. The number of hydrogen-bond donors (Lipinski definition) is 2. The summed E-state index contributed by atoms with van der Waals surface area (Å²) in [6.45, 7) is 8.37. The van der Waals surface area contributed by atoms with E-state index >= 15 is 0 Å². The van der Waals surface area contributed by atoms with Gasteiger partial charge in [0, 0.05) is 13.1 Å². The van der Waals surface area contributed by atoms with Crippen LogP contribution in [0, 0.1) is 5.82 Å². The van der Waals surface area contributed by atoms with Crippen molar-refractivity contribution in [2.75, 3.05) is 19.6 Å². The molecule has 0 fully saturated rings. The van der Waals surface area contributed by atoms with E-state index in [0.29, 0.717) is 12.1 Å². The number of hydrogen-bond acceptors (Lipinski definition) is 3. The van der Waals surface area contributed by atoms with E-state index in [4.69, 9.17) is 0 Å². The van der Waals surface area contributed by atoms with Crippen LogP contribution in [0.2, 0.25) is 0 Å². The summed E-state index contributed by atoms with van der Waals surface area (Å²) in [4.78, 5) is 12.4. The van der Waals surface area contributed by atoms with Crippen LogP contribution in [0.3, 0.4) is 0 Å². The van der Waals surface area contributed by atoms with Crippen LogP contribution in [0.15, 0.2) is 30.5 Å². The second-order valence-electron chi connectivity index (χ2n) is 5.99. The number of nitrogens with one attached hydrogen (secondary N) is 2. The van der Waals surface area contributed by atoms with Crippen LogP contribution in [0.4, 0.5) is 4.39 Å². The topological polar surface area (TPSA) is 58.9 Å². The standard InChI is InChI=1S/C18H25FN4O.ClH/c1-4-9-20-10-11-21-18(24)16-12-22-23(17(16)13(2)3)15-7-5-14(19)6-8-15;/h5-8,12-13,20H,4,9-11H2,1-3H3,(H,21,24);1H. The first-order valence-corrected chi connectivity index (χ1v) is 8.37. The zero-order valence-electron chi connectivity index (χ0n) is 14.9. The molecule has 0 atom stereocenters. The van der Waals surface area contributed by atoms with Crippen molar-refractivity contribution in [3.05, 3.63) is 47.5 Å². The summed E-state index contributed by atoms with van der Waals surface area (Å²) >= 11 is 0. The van der Waals surface area contributed by atoms with Crippen molar-refractivity contribution in [1.82, 2.24) is 20.4 Å². The van der Waals surface area contributed by atoms with Gasteiger partial charge in [0.15, 0.2) is 0 Å². The summed E-state index contributed by atoms with van der Waals surface area (Å²) in [5.74, 6) is -0.323. The molecule has 0 aliphatic carbocycles. The SMILES string of the molecule is CCCNCCNC(=O)c1cnn(-c2ccc(F)cc2)c1C(C)C.Cl. The Morgan fingerprint density at radius 3 is 2.48 bits per heavy atom. The molecular formula is C18H26ClFN4O. The van der Waals surface area contributed by atoms with E-state index < -0.39 is 0 Å². The minimum atomic E-state index is -0.297. The Bertz CT molecular complexity index is 670. The molecule has 1 amide bonds. The highest BCUT2D eigenvalue weighted by Crippen LogP contribution is 2.23. The highest BCUT2D eigenvalue weighted by Gasteiger charge is 2.20. The van der Waals surface area contributed by atoms with Gasteiger partial charge in [-0.2, -0.15) is 5.10 Å². The molecule has 25 heavy (non-hydrogen) atoms. The summed E-state index contributed by atoms with van der Waals surface area (Å²) in [5.41, 5.74) is 2.12. The monoisotopic (exact) mass is 368 g/mol. The Hall–Kier alpha value is -1.92. The van der Waals surface area contributed by atoms with E-state index in [9.17, 15) is 9.18 Å². The molecule has 2 aromatic rings. The average Bonchev–Trinajstić information content (AvgIpc) is 3.00. The van der Waals surface area contributed by atoms with Crippen molar-refractivity contribution in [2.45, 2.75) is 33.1 Å². The lowest BCUT2D eigenvalue weighted by Crippen LogP contribution is -2.32. The molecule has 2 rings (SSSR count). The number of aromatic nitrogens is 2. The lowest BCUT2D eigenvalue weighted by atomic mass is 10.1. The Balaban J connectivity index is 0.00000312. The molecular weight excluding hydrogens is 343 g/mol. The molecule has 0 saturated heterocycles. The second-order valence-corrected chi connectivity index (χ2v) is 5.99. The van der Waals surface area contributed by atoms with Crippen LogP contribution in [-0.4, -0.2) is 35.3 Å². The van der Waals surface area contributed by atoms with Crippen molar-refractivity contribution in [1.29, 1.82) is 0 Å². The van der Waals surface area contributed by atoms with Crippen molar-refractivity contribution in [3.63, 3.8) is 0 Å². The number of benzene rings is 1. The highest BCUT2D eigenvalue weighted by atomic mass is 35.5. The first kappa shape index (κ1) is 21.1. The largest absolute Gasteiger partial charge is 0.351 e. The summed E-state index contributed by atoms with van der Waals surface area (Å²) in [6, 6.07) is 6.09. The van der Waals surface area contributed by atoms with E-state index in [2.05, 4.69) is 22.7 Å². The van der Waals surface area contributed by atoms with Gasteiger partial charge >= 0.3 is 0 Å². The number of rotatable bonds is 8. The van der Waals surface area contributed by atoms with Gasteiger partial charge in [-0.25, -0.2) is 9.07 Å². The smallest absolute Gasteiger partial charge is 0.254 e. The van der Waals surface area contributed by atoms with Crippen molar-refractivity contribution < 1.29 is 9.18 Å². The van der Waals surface area contributed by atoms with Crippen LogP contribution in [0.1, 0.15) is 49.2 Å². The highest BCUT2D eigenvalue weighted by molar-refractivity contribution is 5.95. The minimum absolute atomic E-state index is 0. The van der Waals surface area contributed by atoms with Gasteiger partial charge in [0.2, 0.25) is 0 Å². The first-order valence-electron chi connectivity index (χ1n) is 8.37. The zero-order chi connectivity index (χ0) is 17.5. The lowest BCUT2D eigenvalue weighted by Gasteiger charge is -2.13. The van der Waals surface area contributed by atoms with Crippen LogP contribution in [0.5, 0.6) is 0 Å². The lowest BCUT2D eigenvalue weighted by molar-refractivity contribution is 0.0952. The van der Waals surface area contributed by atoms with Gasteiger partial charge in [-0.05, 0) is 43.1 Å². The number of amides is 1. The first-order chi connectivity index (χ1) is 11.5. The predicted molar refractivity (Wildman–Crippen MR) is 100 cm³/mol. The van der Waals surface area contributed by atoms with Gasteiger partial charge in [-0.15, -0.1) is 12.4 Å². The number of nitrogens with zero attached hydrogens (tertiary/aromatic N) is 2. The van der Waals surface area contributed by atoms with Gasteiger partial charge in [-0.3, -0.25) is 4.79 Å². The summed E-state index contributed by atoms with van der Waals surface area (Å²) in [6.07, 6.45) is 2.64. The molecule has 0 unspecified atom stereocenters. The van der Waals surface area contributed by atoms with Crippen molar-refractivity contribution in [2.24, 2.45) is 0 Å². The van der Waals surface area contributed by atoms with Crippen LogP contribution < -0.4 is 10.6 Å². The Kier molecular flexibility index (Phi) is 8.58. The molecule has 0 spiro atoms. The molecule has 0 aliphatic rings. The molecule has 1 aromatic carbocycles. The second kappa shape index (κ2) is 10.2. The average molecular weight is 369 g/mol. The maximum absolute atomic E-state index is 13.1. The van der Waals surface area contributed by atoms with Crippen molar-refractivity contribution in [3.8, 4) is 5.69 Å². The van der Waals surface area contributed by atoms with Gasteiger partial charge in [0.1, 0.15) is 5.82 Å². The van der Waals surface area contributed by atoms with E-state index in [1.807, 2.05) is 13.8 Å². The normalized spacial score (nSPS) is 10.6. The van der Waals surface area contributed by atoms with Crippen LogP contribution >= 0.6 is 12.4 Å². The Labute approximate surface area is 154 Å². The predicted octanol–water partition coefficient (Wildman–Crippen LogP) is 3.29. The third kappa shape index (κ3) is 5.54. The molecule has 0 aliphatic heterocycles. The quantitative estimate of drug-likeness (QED) is 0.703. The number of carbonyl (C=O) groups is 1. The maximum atomic E-state index is 13.1. The third-order valence-electron chi connectivity index (χ3n) is 3.68. The van der Waals surface area contributed by atoms with Crippen molar-refractivity contribution >= 4 is 18.3 Å². The van der Waals surface area contributed by atoms with Gasteiger partial charge in [0.05, 0.1) is 23.1 Å². The fourth-order valence-corrected chi connectivity index (χ4v) is 2.54. The van der Waals surface area contributed by atoms with Crippen LogP contribution in [-0.2, 0) is 0 Å². The molecule has 0 radical (unpaired) electrons. The van der Waals surface area contributed by atoms with E-state index in [-0.39, 0.29) is 30.0 Å². The number of carbonyl (C=O) groups excluding carboxylic acids is 1. The molecule has 138 valence electrons. The fourth-order valence-electron chi connectivity index (χ4n) is 2.54. The Morgan fingerprint density at radius 2 is 1.88 bits per heavy atom. The van der Waals surface area contributed by atoms with E-state index in [1.165, 1.54) is 12.1 Å². The molecule has 7 heteroatoms. The summed E-state index contributed by atoms with van der Waals surface area (Å²) in [7, 11) is 0. The molecule has 1 heterocycles. The van der Waals surface area contributed by atoms with E-state index in [1.54, 1.807) is 23.0 Å². The van der Waals surface area contributed by atoms with Crippen LogP contribution in [0.25, 0.3) is 5.69 Å². The molecule has 2 N–H and O–H groups in total. The number of halogens is 2. The van der Waals surface area contributed by atoms with Gasteiger partial charge in [-0.1, -0.05) is 20.8 Å². The summed E-state index contributed by atoms with van der Waals surface area (Å²) in [5, 5.41) is 10.5. The third-order valence-corrected chi connectivity index (χ3v) is 3.68. The molecule has 5 nitrogen and oxygen atoms in total. The van der Waals surface area contributed by atoms with Gasteiger partial charge < -0.3 is 10.6 Å². The molecule has 1 aromatic heterocycles. The molecule has 0 bridgehead atoms. The van der Waals surface area contributed by atoms with Gasteiger partial charge in [0.25, 0.3) is 5.91 Å². The fraction of sp³-hybridized carbons (Fsp3) is 0.444. The minimum Gasteiger partial charge on any atom is -0.351 e. The maximum Gasteiger partial charge on any atom is 0.254 e. The van der Waals surface area contributed by atoms with E-state index in [0.717, 1.165) is 30.9 Å². The summed E-state index contributed by atoms with van der Waals surface area (Å²) < 4.78 is 14.8. The molecule has 0 saturated carbocycles.